The molecule has 0 spiro atoms. The summed E-state index contributed by atoms with van der Waals surface area (Å²) in [5.41, 5.74) is 1.18. The van der Waals surface area contributed by atoms with Gasteiger partial charge in [0.15, 0.2) is 0 Å². The zero-order valence-corrected chi connectivity index (χ0v) is 11.9. The van der Waals surface area contributed by atoms with Crippen LogP contribution in [0.3, 0.4) is 0 Å². The summed E-state index contributed by atoms with van der Waals surface area (Å²) >= 11 is 0. The summed E-state index contributed by atoms with van der Waals surface area (Å²) in [6.45, 7) is 8.18. The first kappa shape index (κ1) is 13.8. The van der Waals surface area contributed by atoms with Gasteiger partial charge in [-0.3, -0.25) is 4.98 Å². The minimum atomic E-state index is 0.171. The van der Waals surface area contributed by atoms with E-state index in [1.807, 2.05) is 24.3 Å². The monoisotopic (exact) mass is 258 g/mol. The van der Waals surface area contributed by atoms with Gasteiger partial charge in [-0.15, -0.1) is 0 Å². The van der Waals surface area contributed by atoms with Crippen molar-refractivity contribution in [3.05, 3.63) is 36.5 Å². The molecule has 3 heteroatoms. The average Bonchev–Trinajstić information content (AvgIpc) is 2.37. The fraction of sp³-hybridized carbons (Fsp3) is 0.438. The maximum atomic E-state index is 5.73. The number of aromatic nitrogens is 1. The number of ether oxygens (including phenoxy) is 1. The van der Waals surface area contributed by atoms with Gasteiger partial charge in [0.25, 0.3) is 0 Å². The molecule has 0 aliphatic heterocycles. The smallest absolute Gasteiger partial charge is 0.138 e. The Morgan fingerprint density at radius 3 is 2.79 bits per heavy atom. The lowest BCUT2D eigenvalue weighted by Gasteiger charge is -2.20. The molecule has 1 aromatic heterocycles. The van der Waals surface area contributed by atoms with Gasteiger partial charge in [-0.25, -0.2) is 0 Å². The van der Waals surface area contributed by atoms with Crippen molar-refractivity contribution in [2.24, 2.45) is 0 Å². The van der Waals surface area contributed by atoms with Crippen LogP contribution in [-0.2, 0) is 0 Å². The Balaban J connectivity index is 1.82. The van der Waals surface area contributed by atoms with Crippen LogP contribution in [-0.4, -0.2) is 23.7 Å². The topological polar surface area (TPSA) is 34.1 Å². The zero-order valence-electron chi connectivity index (χ0n) is 11.9. The van der Waals surface area contributed by atoms with Gasteiger partial charge >= 0.3 is 0 Å². The van der Waals surface area contributed by atoms with Crippen LogP contribution in [0.1, 0.15) is 27.2 Å². The van der Waals surface area contributed by atoms with Crippen molar-refractivity contribution in [3.8, 4) is 5.75 Å². The average molecular weight is 258 g/mol. The van der Waals surface area contributed by atoms with Crippen molar-refractivity contribution in [3.63, 3.8) is 0 Å². The molecule has 0 fully saturated rings. The standard InChI is InChI=1S/C16H22N2O/c1-16(2,3)18-9-6-10-19-14-11-13-7-4-5-8-15(13)17-12-14/h4-5,7-8,11-12,18H,6,9-10H2,1-3H3. The van der Waals surface area contributed by atoms with E-state index < -0.39 is 0 Å². The minimum Gasteiger partial charge on any atom is -0.492 e. The van der Waals surface area contributed by atoms with Crippen molar-refractivity contribution in [2.45, 2.75) is 32.7 Å². The van der Waals surface area contributed by atoms with Gasteiger partial charge in [0.2, 0.25) is 0 Å². The molecule has 0 bridgehead atoms. The lowest BCUT2D eigenvalue weighted by molar-refractivity contribution is 0.297. The molecule has 0 aliphatic rings. The normalized spacial score (nSPS) is 11.7. The fourth-order valence-electron chi connectivity index (χ4n) is 1.86. The zero-order chi connectivity index (χ0) is 13.7. The second-order valence-electron chi connectivity index (χ2n) is 5.74. The lowest BCUT2D eigenvalue weighted by atomic mass is 10.1. The molecule has 19 heavy (non-hydrogen) atoms. The predicted molar refractivity (Wildman–Crippen MR) is 79.6 cm³/mol. The molecule has 102 valence electrons. The van der Waals surface area contributed by atoms with Crippen LogP contribution in [0.25, 0.3) is 10.9 Å². The van der Waals surface area contributed by atoms with E-state index in [1.54, 1.807) is 6.20 Å². The molecule has 1 N–H and O–H groups in total. The number of nitrogens with one attached hydrogen (secondary N) is 1. The summed E-state index contributed by atoms with van der Waals surface area (Å²) in [4.78, 5) is 4.38. The first-order chi connectivity index (χ1) is 9.04. The number of nitrogens with zero attached hydrogens (tertiary/aromatic N) is 1. The molecule has 0 saturated carbocycles. The summed E-state index contributed by atoms with van der Waals surface area (Å²) in [6, 6.07) is 10.1. The SMILES string of the molecule is CC(C)(C)NCCCOc1cnc2ccccc2c1. The quantitative estimate of drug-likeness (QED) is 0.835. The second-order valence-corrected chi connectivity index (χ2v) is 5.74. The third kappa shape index (κ3) is 4.52. The van der Waals surface area contributed by atoms with Crippen molar-refractivity contribution in [1.82, 2.24) is 10.3 Å². The second kappa shape index (κ2) is 6.02. The van der Waals surface area contributed by atoms with Crippen LogP contribution in [0.15, 0.2) is 36.5 Å². The van der Waals surface area contributed by atoms with E-state index in [1.165, 1.54) is 0 Å². The molecule has 0 radical (unpaired) electrons. The van der Waals surface area contributed by atoms with E-state index in [0.717, 1.165) is 29.6 Å². The number of rotatable bonds is 5. The van der Waals surface area contributed by atoms with Crippen molar-refractivity contribution in [2.75, 3.05) is 13.2 Å². The lowest BCUT2D eigenvalue weighted by Crippen LogP contribution is -2.36. The van der Waals surface area contributed by atoms with E-state index in [9.17, 15) is 0 Å². The van der Waals surface area contributed by atoms with Crippen LogP contribution in [0.2, 0.25) is 0 Å². The molecule has 1 heterocycles. The Hall–Kier alpha value is -1.61. The van der Waals surface area contributed by atoms with Gasteiger partial charge in [0.05, 0.1) is 18.3 Å². The highest BCUT2D eigenvalue weighted by molar-refractivity contribution is 5.79. The highest BCUT2D eigenvalue weighted by Crippen LogP contribution is 2.17. The maximum Gasteiger partial charge on any atom is 0.138 e. The van der Waals surface area contributed by atoms with Gasteiger partial charge in [-0.1, -0.05) is 18.2 Å². The molecule has 2 rings (SSSR count). The largest absolute Gasteiger partial charge is 0.492 e. The Morgan fingerprint density at radius 1 is 1.21 bits per heavy atom. The number of fused-ring (bicyclic) bond motifs is 1. The molecule has 0 aliphatic carbocycles. The van der Waals surface area contributed by atoms with E-state index >= 15 is 0 Å². The molecular formula is C16H22N2O. The van der Waals surface area contributed by atoms with E-state index in [2.05, 4.69) is 37.1 Å². The Kier molecular flexibility index (Phi) is 4.38. The Labute approximate surface area is 115 Å². The summed E-state index contributed by atoms with van der Waals surface area (Å²) < 4.78 is 5.73. The Morgan fingerprint density at radius 2 is 2.00 bits per heavy atom. The van der Waals surface area contributed by atoms with E-state index in [4.69, 9.17) is 4.74 Å². The molecule has 0 saturated heterocycles. The fourth-order valence-corrected chi connectivity index (χ4v) is 1.86. The summed E-state index contributed by atoms with van der Waals surface area (Å²) in [6.07, 6.45) is 2.78. The minimum absolute atomic E-state index is 0.171. The number of hydrogen-bond donors (Lipinski definition) is 1. The first-order valence-electron chi connectivity index (χ1n) is 6.77. The molecule has 3 nitrogen and oxygen atoms in total. The predicted octanol–water partition coefficient (Wildman–Crippen LogP) is 3.39. The van der Waals surface area contributed by atoms with Crippen molar-refractivity contribution in [1.29, 1.82) is 0 Å². The summed E-state index contributed by atoms with van der Waals surface area (Å²) in [7, 11) is 0. The summed E-state index contributed by atoms with van der Waals surface area (Å²) in [5, 5.41) is 4.56. The third-order valence-corrected chi connectivity index (χ3v) is 2.81. The molecule has 0 atom stereocenters. The van der Waals surface area contributed by atoms with Gasteiger partial charge in [0.1, 0.15) is 5.75 Å². The highest BCUT2D eigenvalue weighted by atomic mass is 16.5. The van der Waals surface area contributed by atoms with Crippen LogP contribution >= 0.6 is 0 Å². The molecule has 2 aromatic rings. The molecule has 1 aromatic carbocycles. The van der Waals surface area contributed by atoms with Gasteiger partial charge in [-0.2, -0.15) is 0 Å². The highest BCUT2D eigenvalue weighted by Gasteiger charge is 2.07. The molecule has 0 amide bonds. The number of pyridine rings is 1. The van der Waals surface area contributed by atoms with Gasteiger partial charge in [0, 0.05) is 10.9 Å². The first-order valence-corrected chi connectivity index (χ1v) is 6.77. The van der Waals surface area contributed by atoms with Gasteiger partial charge in [-0.05, 0) is 45.9 Å². The van der Waals surface area contributed by atoms with Crippen LogP contribution < -0.4 is 10.1 Å². The number of benzene rings is 1. The molecular weight excluding hydrogens is 236 g/mol. The number of hydrogen-bond acceptors (Lipinski definition) is 3. The Bertz CT molecular complexity index is 532. The van der Waals surface area contributed by atoms with Crippen LogP contribution in [0.4, 0.5) is 0 Å². The molecule has 0 unspecified atom stereocenters. The maximum absolute atomic E-state index is 5.73. The van der Waals surface area contributed by atoms with E-state index in [0.29, 0.717) is 6.61 Å². The third-order valence-electron chi connectivity index (χ3n) is 2.81. The van der Waals surface area contributed by atoms with Crippen molar-refractivity contribution >= 4 is 10.9 Å². The van der Waals surface area contributed by atoms with E-state index in [-0.39, 0.29) is 5.54 Å². The number of para-hydroxylation sites is 1. The van der Waals surface area contributed by atoms with Crippen LogP contribution in [0, 0.1) is 0 Å². The van der Waals surface area contributed by atoms with Crippen LogP contribution in [0.5, 0.6) is 5.75 Å². The summed E-state index contributed by atoms with van der Waals surface area (Å²) in [5.74, 6) is 0.842. The van der Waals surface area contributed by atoms with Gasteiger partial charge < -0.3 is 10.1 Å². The van der Waals surface area contributed by atoms with Crippen molar-refractivity contribution < 1.29 is 4.74 Å².